The zero-order valence-corrected chi connectivity index (χ0v) is 38.1. The third-order valence-electron chi connectivity index (χ3n) is 9.61. The van der Waals surface area contributed by atoms with Crippen molar-refractivity contribution in [3.63, 3.8) is 0 Å². The molecule has 0 aliphatic rings. The third-order valence-corrected chi connectivity index (χ3v) is 15.1. The van der Waals surface area contributed by atoms with E-state index in [2.05, 4.69) is 0 Å². The molecule has 12 nitrogen and oxygen atoms in total. The van der Waals surface area contributed by atoms with E-state index in [0.29, 0.717) is 45.1 Å². The molecule has 4 heterocycles. The second-order valence-corrected chi connectivity index (χ2v) is 20.0. The monoisotopic (exact) mass is 900 g/mol. The molecule has 0 atom stereocenters. The minimum atomic E-state index is -4.20. The normalized spacial score (nSPS) is 11.4. The van der Waals surface area contributed by atoms with Gasteiger partial charge in [-0.1, -0.05) is 0 Å². The molecule has 59 heavy (non-hydrogen) atoms. The Morgan fingerprint density at radius 1 is 0.407 bits per heavy atom. The Labute approximate surface area is 353 Å². The average molecular weight is 902 g/mol. The molecule has 0 N–H and O–H groups in total. The maximum atomic E-state index is 14.3. The van der Waals surface area contributed by atoms with Crippen molar-refractivity contribution in [1.82, 2.24) is 19.9 Å². The van der Waals surface area contributed by atoms with Gasteiger partial charge in [0.05, 0.1) is 0 Å². The van der Waals surface area contributed by atoms with Crippen LogP contribution in [-0.4, -0.2) is 66.5 Å². The van der Waals surface area contributed by atoms with Crippen molar-refractivity contribution in [2.45, 2.75) is 41.5 Å². The van der Waals surface area contributed by atoms with Crippen LogP contribution in [0, 0.1) is 33.1 Å². The van der Waals surface area contributed by atoms with Crippen molar-refractivity contribution >= 4 is 90.2 Å². The minimum absolute atomic E-state index is 0.378. The van der Waals surface area contributed by atoms with Gasteiger partial charge in [-0.25, -0.2) is 0 Å². The number of pyridine rings is 4. The molecule has 8 aromatic rings. The summed E-state index contributed by atoms with van der Waals surface area (Å²) in [6.45, 7) is 10.4. The van der Waals surface area contributed by atoms with Crippen LogP contribution in [0.1, 0.15) is 36.6 Å². The molecular formula is C45H38Ga2N4O8. The number of nitrogens with zero attached hydrogens (tertiary/aromatic N) is 4. The maximum absolute atomic E-state index is 14.3. The van der Waals surface area contributed by atoms with E-state index in [1.165, 1.54) is 13.8 Å². The van der Waals surface area contributed by atoms with Crippen molar-refractivity contribution in [1.29, 1.82) is 0 Å². The zero-order chi connectivity index (χ0) is 41.3. The molecular weight excluding hydrogens is 864 g/mol. The van der Waals surface area contributed by atoms with E-state index < -0.39 is 52.0 Å². The molecule has 8 rings (SSSR count). The Kier molecular flexibility index (Phi) is 11.2. The number of carbonyl (C=O) groups excluding carboxylic acids is 2. The Morgan fingerprint density at radius 2 is 0.661 bits per heavy atom. The number of rotatable bonds is 12. The van der Waals surface area contributed by atoms with Gasteiger partial charge in [-0.15, -0.1) is 0 Å². The fourth-order valence-electron chi connectivity index (χ4n) is 6.36. The van der Waals surface area contributed by atoms with E-state index in [9.17, 15) is 9.59 Å². The van der Waals surface area contributed by atoms with Crippen LogP contribution in [0.25, 0.3) is 43.6 Å². The van der Waals surface area contributed by atoms with Crippen LogP contribution >= 0.6 is 0 Å². The second-order valence-electron chi connectivity index (χ2n) is 14.6. The van der Waals surface area contributed by atoms with Crippen LogP contribution in [0.2, 0.25) is 0 Å². The molecule has 0 spiro atoms. The predicted octanol–water partition coefficient (Wildman–Crippen LogP) is 8.81. The van der Waals surface area contributed by atoms with Gasteiger partial charge in [0.2, 0.25) is 0 Å². The van der Waals surface area contributed by atoms with E-state index in [4.69, 9.17) is 41.1 Å². The first kappa shape index (κ1) is 39.7. The quantitative estimate of drug-likeness (QED) is 0.0855. The van der Waals surface area contributed by atoms with Gasteiger partial charge in [0.1, 0.15) is 0 Å². The van der Waals surface area contributed by atoms with E-state index in [1.807, 2.05) is 125 Å². The molecule has 292 valence electrons. The molecule has 0 aliphatic heterocycles. The number of para-hydroxylation sites is 4. The van der Waals surface area contributed by atoms with Crippen molar-refractivity contribution in [3.8, 4) is 23.0 Å². The molecule has 0 unspecified atom stereocenters. The van der Waals surface area contributed by atoms with Gasteiger partial charge in [0, 0.05) is 0 Å². The van der Waals surface area contributed by atoms with Gasteiger partial charge in [0.25, 0.3) is 0 Å². The number of aromatic nitrogens is 4. The number of hydrogen-bond acceptors (Lipinski definition) is 12. The Hall–Kier alpha value is -6.07. The summed E-state index contributed by atoms with van der Waals surface area (Å²) in [6, 6.07) is 37.3. The number of hydrogen-bond donors (Lipinski definition) is 0. The molecule has 0 aliphatic carbocycles. The van der Waals surface area contributed by atoms with Gasteiger partial charge < -0.3 is 0 Å². The molecule has 0 saturated carbocycles. The first-order valence-corrected chi connectivity index (χ1v) is 24.9. The molecule has 14 heteroatoms. The van der Waals surface area contributed by atoms with Gasteiger partial charge in [-0.05, 0) is 0 Å². The van der Waals surface area contributed by atoms with Crippen molar-refractivity contribution in [2.75, 3.05) is 0 Å². The summed E-state index contributed by atoms with van der Waals surface area (Å²) < 4.78 is 38.2. The zero-order valence-electron chi connectivity index (χ0n) is 33.3. The molecule has 0 fully saturated rings. The molecule has 0 amide bonds. The summed E-state index contributed by atoms with van der Waals surface area (Å²) in [4.78, 5) is 47.4. The number of carbonyl (C=O) groups is 2. The standard InChI is InChI=1S/4C10H9NO.C5H8O4.2Ga/c4*1-7-5-6-8-3-2-4-9(12)10(8)11-7;1-5(2,3(6)7)4(8)9;;/h4*2-6,12H,1H3;1-2H3,(H,6,7)(H,8,9);;/q;;;;;2*+3/p-6. The van der Waals surface area contributed by atoms with Gasteiger partial charge in [0.15, 0.2) is 0 Å². The number of aryl methyl sites for hydroxylation is 4. The Balaban J connectivity index is 1.11. The summed E-state index contributed by atoms with van der Waals surface area (Å²) in [5.41, 5.74) is 3.56. The number of fused-ring (bicyclic) bond motifs is 4. The SMILES string of the molecule is Cc1ccc2cccc([O][Ga]([O]C(=O)C(C)(C)C(=O)[O][Ga]([O]c3cccc4ccc(C)nc34)[O]c3cccc4ccc(C)nc34)[O]c3cccc4ccc(C)nc34)c2n1. The summed E-state index contributed by atoms with van der Waals surface area (Å²) in [7, 11) is 0. The van der Waals surface area contributed by atoms with E-state index in [0.717, 1.165) is 44.3 Å². The molecule has 0 saturated heterocycles. The second kappa shape index (κ2) is 16.7. The first-order valence-electron chi connectivity index (χ1n) is 19.0. The van der Waals surface area contributed by atoms with Crippen LogP contribution < -0.4 is 14.1 Å². The molecule has 4 aromatic carbocycles. The summed E-state index contributed by atoms with van der Waals surface area (Å²) in [6.07, 6.45) is 0. The fourth-order valence-corrected chi connectivity index (χ4v) is 12.3. The Morgan fingerprint density at radius 3 is 0.915 bits per heavy atom. The summed E-state index contributed by atoms with van der Waals surface area (Å²) >= 11 is -8.40. The Bertz CT molecular complexity index is 2540. The van der Waals surface area contributed by atoms with Gasteiger partial charge in [-0.3, -0.25) is 0 Å². The van der Waals surface area contributed by atoms with Gasteiger partial charge >= 0.3 is 355 Å². The first-order chi connectivity index (χ1) is 28.4. The molecule has 4 aromatic heterocycles. The van der Waals surface area contributed by atoms with Crippen LogP contribution in [0.3, 0.4) is 0 Å². The van der Waals surface area contributed by atoms with Crippen LogP contribution in [0.4, 0.5) is 0 Å². The van der Waals surface area contributed by atoms with Crippen LogP contribution in [0.5, 0.6) is 23.0 Å². The average Bonchev–Trinajstić information content (AvgIpc) is 3.21. The summed E-state index contributed by atoms with van der Waals surface area (Å²) in [5, 5.41) is 3.33. The fraction of sp³-hybridized carbons (Fsp3) is 0.156. The van der Waals surface area contributed by atoms with Crippen molar-refractivity contribution < 1.29 is 30.8 Å². The van der Waals surface area contributed by atoms with Crippen molar-refractivity contribution in [3.05, 3.63) is 144 Å². The summed E-state index contributed by atoms with van der Waals surface area (Å²) in [5.74, 6) is -0.307. The van der Waals surface area contributed by atoms with E-state index in [1.54, 1.807) is 24.3 Å². The molecule has 0 radical (unpaired) electrons. The number of benzene rings is 4. The predicted molar refractivity (Wildman–Crippen MR) is 226 cm³/mol. The van der Waals surface area contributed by atoms with Gasteiger partial charge in [-0.2, -0.15) is 0 Å². The van der Waals surface area contributed by atoms with Crippen molar-refractivity contribution in [2.24, 2.45) is 5.41 Å². The molecule has 0 bridgehead atoms. The van der Waals surface area contributed by atoms with Crippen LogP contribution in [-0.2, 0) is 16.6 Å². The van der Waals surface area contributed by atoms with E-state index in [-0.39, 0.29) is 0 Å². The third kappa shape index (κ3) is 8.71. The van der Waals surface area contributed by atoms with Crippen LogP contribution in [0.15, 0.2) is 121 Å². The topological polar surface area (TPSA) is 141 Å². The van der Waals surface area contributed by atoms with E-state index >= 15 is 0 Å².